The average molecular weight is 423 g/mol. The summed E-state index contributed by atoms with van der Waals surface area (Å²) in [7, 11) is 1.69. The van der Waals surface area contributed by atoms with Crippen LogP contribution in [0.1, 0.15) is 49.4 Å². The lowest BCUT2D eigenvalue weighted by Gasteiger charge is -2.38. The van der Waals surface area contributed by atoms with E-state index in [2.05, 4.69) is 22.2 Å². The summed E-state index contributed by atoms with van der Waals surface area (Å²) in [5, 5.41) is 2.67. The Morgan fingerprint density at radius 3 is 2.74 bits per heavy atom. The lowest BCUT2D eigenvalue weighted by atomic mass is 9.89. The summed E-state index contributed by atoms with van der Waals surface area (Å²) in [5.41, 5.74) is 15.6. The van der Waals surface area contributed by atoms with Crippen molar-refractivity contribution in [2.45, 2.75) is 39.2 Å². The molecule has 5 N–H and O–H groups in total. The summed E-state index contributed by atoms with van der Waals surface area (Å²) in [6.07, 6.45) is 5.58. The number of piperidine rings is 1. The number of nitrogens with two attached hydrogens (primary N) is 2. The summed E-state index contributed by atoms with van der Waals surface area (Å²) < 4.78 is 0. The van der Waals surface area contributed by atoms with Gasteiger partial charge < -0.3 is 21.7 Å². The van der Waals surface area contributed by atoms with Gasteiger partial charge in [-0.3, -0.25) is 14.6 Å². The summed E-state index contributed by atoms with van der Waals surface area (Å²) in [4.78, 5) is 35.7. The minimum atomic E-state index is -0.685. The summed E-state index contributed by atoms with van der Waals surface area (Å²) in [6.45, 7) is 4.55. The normalized spacial score (nSPS) is 18.9. The first-order chi connectivity index (χ1) is 14.8. The van der Waals surface area contributed by atoms with Gasteiger partial charge >= 0.3 is 11.8 Å². The molecule has 1 fully saturated rings. The van der Waals surface area contributed by atoms with E-state index in [9.17, 15) is 9.59 Å². The fourth-order valence-corrected chi connectivity index (χ4v) is 3.97. The molecular weight excluding hydrogens is 392 g/mol. The van der Waals surface area contributed by atoms with E-state index in [0.717, 1.165) is 29.5 Å². The number of aryl methyl sites for hydroxylation is 1. The molecule has 2 aromatic rings. The molecule has 31 heavy (non-hydrogen) atoms. The first-order valence-electron chi connectivity index (χ1n) is 10.5. The highest BCUT2D eigenvalue weighted by molar-refractivity contribution is 6.39. The van der Waals surface area contributed by atoms with Gasteiger partial charge in [0.2, 0.25) is 0 Å². The number of nitrogens with one attached hydrogen (secondary N) is 1. The van der Waals surface area contributed by atoms with E-state index in [1.54, 1.807) is 24.2 Å². The van der Waals surface area contributed by atoms with Crippen LogP contribution in [-0.2, 0) is 16.0 Å². The van der Waals surface area contributed by atoms with Crippen LogP contribution in [-0.4, -0.2) is 41.5 Å². The Labute approximate surface area is 182 Å². The molecule has 0 aliphatic carbocycles. The lowest BCUT2D eigenvalue weighted by Crippen LogP contribution is -2.46. The van der Waals surface area contributed by atoms with Crippen LogP contribution in [0.2, 0.25) is 0 Å². The van der Waals surface area contributed by atoms with Gasteiger partial charge in [-0.15, -0.1) is 0 Å². The van der Waals surface area contributed by atoms with Crippen LogP contribution in [0.3, 0.4) is 0 Å². The molecule has 1 aromatic heterocycles. The van der Waals surface area contributed by atoms with Crippen molar-refractivity contribution in [2.75, 3.05) is 30.4 Å². The van der Waals surface area contributed by atoms with Crippen molar-refractivity contribution in [1.29, 1.82) is 0 Å². The lowest BCUT2D eigenvalue weighted by molar-refractivity contribution is -0.146. The number of aliphatic imine (C=N–C) groups is 1. The van der Waals surface area contributed by atoms with E-state index in [0.29, 0.717) is 36.1 Å². The molecule has 1 aromatic carbocycles. The predicted octanol–water partition coefficient (Wildman–Crippen LogP) is 2.80. The molecule has 164 valence electrons. The zero-order valence-electron chi connectivity index (χ0n) is 18.3. The summed E-state index contributed by atoms with van der Waals surface area (Å²) >= 11 is 0. The minimum absolute atomic E-state index is 0.208. The SMILES string of the molecule is CCc1cc(NC(=O)C(=O)N2C[C@@H](C)CC[C@@H]2c2ccc(C=NC)c(N)c2)cnc1N. The molecule has 2 heterocycles. The Hall–Kier alpha value is -3.42. The van der Waals surface area contributed by atoms with E-state index in [1.807, 2.05) is 25.1 Å². The Bertz CT molecular complexity index is 1000. The second kappa shape index (κ2) is 9.59. The van der Waals surface area contributed by atoms with Gasteiger partial charge in [0.25, 0.3) is 0 Å². The summed E-state index contributed by atoms with van der Waals surface area (Å²) in [6, 6.07) is 7.25. The number of nitrogen functional groups attached to an aromatic ring is 2. The third-order valence-corrected chi connectivity index (χ3v) is 5.68. The number of benzene rings is 1. The Kier molecular flexibility index (Phi) is 6.89. The van der Waals surface area contributed by atoms with E-state index in [1.165, 1.54) is 6.20 Å². The second-order valence-corrected chi connectivity index (χ2v) is 8.01. The van der Waals surface area contributed by atoms with Crippen molar-refractivity contribution < 1.29 is 9.59 Å². The topological polar surface area (TPSA) is 127 Å². The average Bonchev–Trinajstić information content (AvgIpc) is 2.76. The second-order valence-electron chi connectivity index (χ2n) is 8.01. The van der Waals surface area contributed by atoms with Crippen molar-refractivity contribution in [3.05, 3.63) is 47.2 Å². The van der Waals surface area contributed by atoms with Gasteiger partial charge in [-0.25, -0.2) is 4.98 Å². The molecule has 1 aliphatic heterocycles. The molecular formula is C23H30N6O2. The highest BCUT2D eigenvalue weighted by atomic mass is 16.2. The molecule has 0 saturated carbocycles. The Balaban J connectivity index is 1.82. The molecule has 0 bridgehead atoms. The van der Waals surface area contributed by atoms with Gasteiger partial charge in [0.1, 0.15) is 5.82 Å². The zero-order valence-corrected chi connectivity index (χ0v) is 18.3. The first-order valence-corrected chi connectivity index (χ1v) is 10.5. The fraction of sp³-hybridized carbons (Fsp3) is 0.391. The van der Waals surface area contributed by atoms with Crippen LogP contribution in [0.15, 0.2) is 35.5 Å². The molecule has 3 rings (SSSR count). The molecule has 8 heteroatoms. The molecule has 2 amide bonds. The van der Waals surface area contributed by atoms with Gasteiger partial charge in [-0.2, -0.15) is 0 Å². The van der Waals surface area contributed by atoms with E-state index >= 15 is 0 Å². The number of nitrogens with zero attached hydrogens (tertiary/aromatic N) is 3. The van der Waals surface area contributed by atoms with Crippen LogP contribution in [0, 0.1) is 5.92 Å². The first kappa shape index (κ1) is 22.3. The molecule has 1 aliphatic rings. The van der Waals surface area contributed by atoms with Crippen LogP contribution >= 0.6 is 0 Å². The smallest absolute Gasteiger partial charge is 0.313 e. The quantitative estimate of drug-likeness (QED) is 0.397. The highest BCUT2D eigenvalue weighted by Crippen LogP contribution is 2.34. The number of likely N-dealkylation sites (tertiary alicyclic amines) is 1. The van der Waals surface area contributed by atoms with Crippen molar-refractivity contribution in [3.63, 3.8) is 0 Å². The number of aromatic nitrogens is 1. The van der Waals surface area contributed by atoms with Crippen LogP contribution in [0.5, 0.6) is 0 Å². The van der Waals surface area contributed by atoms with Gasteiger partial charge in [-0.05, 0) is 48.4 Å². The molecule has 2 atom stereocenters. The third kappa shape index (κ3) is 5.02. The van der Waals surface area contributed by atoms with Crippen LogP contribution < -0.4 is 16.8 Å². The van der Waals surface area contributed by atoms with Crippen LogP contribution in [0.4, 0.5) is 17.2 Å². The molecule has 8 nitrogen and oxygen atoms in total. The van der Waals surface area contributed by atoms with Gasteiger partial charge in [0, 0.05) is 31.1 Å². The molecule has 0 unspecified atom stereocenters. The molecule has 1 saturated heterocycles. The van der Waals surface area contributed by atoms with E-state index in [-0.39, 0.29) is 6.04 Å². The van der Waals surface area contributed by atoms with E-state index in [4.69, 9.17) is 11.5 Å². The number of hydrogen-bond donors (Lipinski definition) is 3. The fourth-order valence-electron chi connectivity index (χ4n) is 3.97. The maximum Gasteiger partial charge on any atom is 0.313 e. The summed E-state index contributed by atoms with van der Waals surface area (Å²) in [5.74, 6) is -0.521. The minimum Gasteiger partial charge on any atom is -0.398 e. The number of anilines is 3. The largest absolute Gasteiger partial charge is 0.398 e. The molecule has 0 radical (unpaired) electrons. The van der Waals surface area contributed by atoms with Gasteiger partial charge in [0.15, 0.2) is 0 Å². The van der Waals surface area contributed by atoms with Crippen molar-refractivity contribution in [2.24, 2.45) is 10.9 Å². The highest BCUT2D eigenvalue weighted by Gasteiger charge is 2.34. The number of carbonyl (C=O) groups is 2. The van der Waals surface area contributed by atoms with Gasteiger partial charge in [-0.1, -0.05) is 26.0 Å². The predicted molar refractivity (Wildman–Crippen MR) is 124 cm³/mol. The van der Waals surface area contributed by atoms with Crippen molar-refractivity contribution in [1.82, 2.24) is 9.88 Å². The number of hydrogen-bond acceptors (Lipinski definition) is 6. The molecule has 0 spiro atoms. The number of rotatable bonds is 4. The number of amides is 2. The third-order valence-electron chi connectivity index (χ3n) is 5.68. The monoisotopic (exact) mass is 422 g/mol. The van der Waals surface area contributed by atoms with Crippen molar-refractivity contribution in [3.8, 4) is 0 Å². The maximum atomic E-state index is 13.1. The standard InChI is InChI=1S/C23H30N6O2/c1-4-15-9-18(12-27-21(15)25)28-22(30)23(31)29-13-14(2)5-8-20(29)16-6-7-17(11-26-3)19(24)10-16/h6-7,9-12,14,20H,4-5,8,13,24H2,1-3H3,(H2,25,27)(H,28,30)/t14-,20+/m0/s1. The van der Waals surface area contributed by atoms with Crippen LogP contribution in [0.25, 0.3) is 0 Å². The Morgan fingerprint density at radius 1 is 1.29 bits per heavy atom. The number of pyridine rings is 1. The zero-order chi connectivity index (χ0) is 22.5. The van der Waals surface area contributed by atoms with Crippen molar-refractivity contribution >= 4 is 35.2 Å². The van der Waals surface area contributed by atoms with Gasteiger partial charge in [0.05, 0.1) is 17.9 Å². The number of carbonyl (C=O) groups excluding carboxylic acids is 2. The Morgan fingerprint density at radius 2 is 2.06 bits per heavy atom. The van der Waals surface area contributed by atoms with E-state index < -0.39 is 11.8 Å². The maximum absolute atomic E-state index is 13.1.